The molecule has 1 aliphatic rings. The Morgan fingerprint density at radius 2 is 1.33 bits per heavy atom. The average Bonchev–Trinajstić information content (AvgIpc) is 3.03. The van der Waals surface area contributed by atoms with Gasteiger partial charge in [-0.25, -0.2) is 9.59 Å². The summed E-state index contributed by atoms with van der Waals surface area (Å²) in [5, 5.41) is 19.7. The van der Waals surface area contributed by atoms with Gasteiger partial charge in [0.1, 0.15) is 5.60 Å². The number of rotatable bonds is 17. The number of benzene rings is 2. The van der Waals surface area contributed by atoms with Gasteiger partial charge in [0.15, 0.2) is 0 Å². The molecular weight excluding hydrogens is 616 g/mol. The molecule has 1 fully saturated rings. The van der Waals surface area contributed by atoms with E-state index in [9.17, 15) is 34.2 Å². The first kappa shape index (κ1) is 37.8. The standard InChI is InChI=1S/C36H50N4O8/c1-36(2,3)48-35(47)38(5)18-9-14-29(33(44)45)22-27-12-7-16-31(24-27)40-20-10-19-39(34(40)46)30-15-6-11-26(23-30)21-28(32(42)43)13-8-17-37(4)25-41/h6-7,11-12,15-16,23-25,28-29H,8-10,13-14,17-22H2,1-5H3,(H,42,43)(H,44,45). The van der Waals surface area contributed by atoms with Crippen molar-refractivity contribution in [3.05, 3.63) is 59.7 Å². The van der Waals surface area contributed by atoms with E-state index in [0.29, 0.717) is 76.1 Å². The zero-order valence-corrected chi connectivity index (χ0v) is 28.8. The monoisotopic (exact) mass is 666 g/mol. The lowest BCUT2D eigenvalue weighted by Gasteiger charge is -2.36. The van der Waals surface area contributed by atoms with Crippen LogP contribution in [0.25, 0.3) is 0 Å². The van der Waals surface area contributed by atoms with Crippen LogP contribution in [0.4, 0.5) is 21.0 Å². The van der Waals surface area contributed by atoms with Gasteiger partial charge in [0.25, 0.3) is 0 Å². The molecule has 2 atom stereocenters. The molecule has 0 radical (unpaired) electrons. The first-order valence-electron chi connectivity index (χ1n) is 16.5. The third-order valence-corrected chi connectivity index (χ3v) is 8.33. The smallest absolute Gasteiger partial charge is 0.410 e. The fraction of sp³-hybridized carbons (Fsp3) is 0.528. The van der Waals surface area contributed by atoms with Crippen LogP contribution in [0.3, 0.4) is 0 Å². The number of ether oxygens (including phenoxy) is 1. The van der Waals surface area contributed by atoms with Crippen LogP contribution in [0.5, 0.6) is 0 Å². The highest BCUT2D eigenvalue weighted by Gasteiger charge is 2.29. The summed E-state index contributed by atoms with van der Waals surface area (Å²) in [6.07, 6.45) is 3.44. The zero-order valence-electron chi connectivity index (χ0n) is 28.8. The largest absolute Gasteiger partial charge is 0.481 e. The Morgan fingerprint density at radius 3 is 1.77 bits per heavy atom. The lowest BCUT2D eigenvalue weighted by Crippen LogP contribution is -2.49. The highest BCUT2D eigenvalue weighted by atomic mass is 16.6. The fourth-order valence-electron chi connectivity index (χ4n) is 5.75. The molecule has 12 nitrogen and oxygen atoms in total. The Kier molecular flexibility index (Phi) is 13.8. The number of amides is 4. The number of aliphatic carboxylic acids is 2. The van der Waals surface area contributed by atoms with E-state index in [0.717, 1.165) is 17.5 Å². The van der Waals surface area contributed by atoms with Crippen molar-refractivity contribution >= 4 is 41.8 Å². The summed E-state index contributed by atoms with van der Waals surface area (Å²) in [7, 11) is 3.29. The summed E-state index contributed by atoms with van der Waals surface area (Å²) in [4.78, 5) is 67.3. The van der Waals surface area contributed by atoms with Gasteiger partial charge in [-0.3, -0.25) is 24.2 Å². The molecule has 12 heteroatoms. The molecule has 0 aromatic heterocycles. The topological polar surface area (TPSA) is 148 Å². The fourth-order valence-corrected chi connectivity index (χ4v) is 5.75. The number of hydrogen-bond donors (Lipinski definition) is 2. The second kappa shape index (κ2) is 17.5. The van der Waals surface area contributed by atoms with Gasteiger partial charge in [-0.05, 0) is 101 Å². The Labute approximate surface area is 283 Å². The normalized spacial score (nSPS) is 14.6. The Balaban J connectivity index is 1.66. The molecule has 2 aromatic rings. The molecule has 48 heavy (non-hydrogen) atoms. The summed E-state index contributed by atoms with van der Waals surface area (Å²) >= 11 is 0. The first-order valence-corrected chi connectivity index (χ1v) is 16.5. The summed E-state index contributed by atoms with van der Waals surface area (Å²) in [6.45, 7) is 7.25. The van der Waals surface area contributed by atoms with Gasteiger partial charge < -0.3 is 24.7 Å². The third-order valence-electron chi connectivity index (χ3n) is 8.33. The molecule has 0 saturated carbocycles. The van der Waals surface area contributed by atoms with Crippen LogP contribution in [-0.4, -0.2) is 96.4 Å². The van der Waals surface area contributed by atoms with Gasteiger partial charge in [0, 0.05) is 51.6 Å². The molecule has 4 amide bonds. The van der Waals surface area contributed by atoms with Crippen molar-refractivity contribution in [2.45, 2.75) is 71.3 Å². The molecular formula is C36H50N4O8. The Hall–Kier alpha value is -4.61. The van der Waals surface area contributed by atoms with Crippen molar-refractivity contribution in [2.24, 2.45) is 11.8 Å². The number of carboxylic acid groups (broad SMARTS) is 2. The van der Waals surface area contributed by atoms with Crippen LogP contribution in [-0.2, 0) is 32.0 Å². The minimum atomic E-state index is -0.918. The molecule has 2 aromatic carbocycles. The van der Waals surface area contributed by atoms with Gasteiger partial charge in [-0.1, -0.05) is 24.3 Å². The van der Waals surface area contributed by atoms with Crippen LogP contribution in [0.2, 0.25) is 0 Å². The van der Waals surface area contributed by atoms with Gasteiger partial charge >= 0.3 is 24.1 Å². The van der Waals surface area contributed by atoms with Crippen molar-refractivity contribution in [3.63, 3.8) is 0 Å². The second-order valence-electron chi connectivity index (χ2n) is 13.5. The quantitative estimate of drug-likeness (QED) is 0.210. The lowest BCUT2D eigenvalue weighted by atomic mass is 9.94. The maximum absolute atomic E-state index is 13.8. The molecule has 2 N–H and O–H groups in total. The number of carbonyl (C=O) groups excluding carboxylic acids is 3. The van der Waals surface area contributed by atoms with E-state index in [2.05, 4.69) is 0 Å². The summed E-state index contributed by atoms with van der Waals surface area (Å²) in [5.74, 6) is -3.09. The first-order chi connectivity index (χ1) is 22.7. The van der Waals surface area contributed by atoms with E-state index >= 15 is 0 Å². The van der Waals surface area contributed by atoms with Crippen LogP contribution in [0, 0.1) is 11.8 Å². The van der Waals surface area contributed by atoms with Gasteiger partial charge in [-0.15, -0.1) is 0 Å². The van der Waals surface area contributed by atoms with E-state index < -0.39 is 35.5 Å². The van der Waals surface area contributed by atoms with Crippen molar-refractivity contribution in [1.29, 1.82) is 0 Å². The van der Waals surface area contributed by atoms with Crippen molar-refractivity contribution < 1.29 is 38.9 Å². The zero-order chi connectivity index (χ0) is 35.4. The maximum atomic E-state index is 13.8. The molecule has 1 heterocycles. The molecule has 0 bridgehead atoms. The summed E-state index contributed by atoms with van der Waals surface area (Å²) in [6, 6.07) is 14.6. The van der Waals surface area contributed by atoms with Gasteiger partial charge in [-0.2, -0.15) is 0 Å². The van der Waals surface area contributed by atoms with E-state index in [1.807, 2.05) is 48.5 Å². The molecule has 2 unspecified atom stereocenters. The molecule has 0 spiro atoms. The van der Waals surface area contributed by atoms with Crippen molar-refractivity contribution in [1.82, 2.24) is 9.80 Å². The van der Waals surface area contributed by atoms with E-state index in [-0.39, 0.29) is 12.5 Å². The van der Waals surface area contributed by atoms with Gasteiger partial charge in [0.2, 0.25) is 6.41 Å². The molecule has 1 saturated heterocycles. The molecule has 262 valence electrons. The Morgan fingerprint density at radius 1 is 0.854 bits per heavy atom. The second-order valence-corrected chi connectivity index (χ2v) is 13.5. The molecule has 1 aliphatic heterocycles. The number of hydrogen-bond acceptors (Lipinski definition) is 6. The minimum absolute atomic E-state index is 0.206. The third kappa shape index (κ3) is 11.6. The molecule has 0 aliphatic carbocycles. The van der Waals surface area contributed by atoms with E-state index in [1.54, 1.807) is 44.7 Å². The summed E-state index contributed by atoms with van der Waals surface area (Å²) in [5.41, 5.74) is 2.36. The van der Waals surface area contributed by atoms with Crippen LogP contribution in [0.1, 0.15) is 64.0 Å². The maximum Gasteiger partial charge on any atom is 0.410 e. The van der Waals surface area contributed by atoms with Crippen LogP contribution < -0.4 is 9.80 Å². The Bertz CT molecular complexity index is 1420. The van der Waals surface area contributed by atoms with E-state index in [4.69, 9.17) is 4.74 Å². The van der Waals surface area contributed by atoms with Gasteiger partial charge in [0.05, 0.1) is 11.8 Å². The minimum Gasteiger partial charge on any atom is -0.481 e. The average molecular weight is 667 g/mol. The van der Waals surface area contributed by atoms with Crippen molar-refractivity contribution in [2.75, 3.05) is 50.1 Å². The number of anilines is 2. The predicted molar refractivity (Wildman–Crippen MR) is 183 cm³/mol. The number of nitrogens with zero attached hydrogens (tertiary/aromatic N) is 4. The highest BCUT2D eigenvalue weighted by Crippen LogP contribution is 2.28. The van der Waals surface area contributed by atoms with E-state index in [1.165, 1.54) is 9.80 Å². The number of carbonyl (C=O) groups is 5. The predicted octanol–water partition coefficient (Wildman–Crippen LogP) is 5.53. The number of carboxylic acids is 2. The SMILES string of the molecule is CN(C=O)CCCC(Cc1cccc(N2CCCN(c3cccc(CC(CCCN(C)C(=O)OC(C)(C)C)C(=O)O)c3)C2=O)c1)C(=O)O. The van der Waals surface area contributed by atoms with Crippen molar-refractivity contribution in [3.8, 4) is 0 Å². The van der Waals surface area contributed by atoms with Crippen LogP contribution in [0.15, 0.2) is 48.5 Å². The summed E-state index contributed by atoms with van der Waals surface area (Å²) < 4.78 is 5.37. The van der Waals surface area contributed by atoms with Crippen LogP contribution >= 0.6 is 0 Å². The molecule has 3 rings (SSSR count). The highest BCUT2D eigenvalue weighted by molar-refractivity contribution is 6.04. The number of urea groups is 1. The lowest BCUT2D eigenvalue weighted by molar-refractivity contribution is -0.143.